The Labute approximate surface area is 237 Å². The molecule has 0 aliphatic heterocycles. The largest absolute Gasteiger partial charge is 0.573 e. The Morgan fingerprint density at radius 1 is 1.25 bits per heavy atom. The summed E-state index contributed by atoms with van der Waals surface area (Å²) >= 11 is 1.23. The summed E-state index contributed by atoms with van der Waals surface area (Å²) in [7, 11) is 1.56. The van der Waals surface area contributed by atoms with E-state index in [4.69, 9.17) is 10.2 Å². The lowest BCUT2D eigenvalue weighted by molar-refractivity contribution is -0.302. The number of carbonyl (C=O) groups is 1. The highest BCUT2D eigenvalue weighted by Gasteiger charge is 2.32. The van der Waals surface area contributed by atoms with Gasteiger partial charge < -0.3 is 20.2 Å². The molecule has 0 bridgehead atoms. The minimum absolute atomic E-state index is 0.192. The Morgan fingerprint density at radius 3 is 2.38 bits per heavy atom. The number of nitrogens with zero attached hydrogens (tertiary/aromatic N) is 1. The normalized spacial score (nSPS) is 13.2. The number of halogens is 4. The third-order valence-electron chi connectivity index (χ3n) is 3.71. The molecule has 2 rings (SSSR count). The van der Waals surface area contributed by atoms with E-state index in [1.54, 1.807) is 31.3 Å². The maximum absolute atomic E-state index is 12.2. The summed E-state index contributed by atoms with van der Waals surface area (Å²) in [6, 6.07) is 3.13. The van der Waals surface area contributed by atoms with Gasteiger partial charge in [-0.1, -0.05) is 57.0 Å². The molecule has 1 aromatic heterocycles. The van der Waals surface area contributed by atoms with E-state index in [-0.39, 0.29) is 23.0 Å². The lowest BCUT2D eigenvalue weighted by Gasteiger charge is -2.11. The third kappa shape index (κ3) is 18.1. The summed E-state index contributed by atoms with van der Waals surface area (Å²) in [5.41, 5.74) is 9.08. The second kappa shape index (κ2) is 22.7. The van der Waals surface area contributed by atoms with Gasteiger partial charge >= 0.3 is 6.36 Å². The van der Waals surface area contributed by atoms with E-state index in [0.29, 0.717) is 11.2 Å². The van der Waals surface area contributed by atoms with Gasteiger partial charge in [-0.15, -0.1) is 18.9 Å². The fourth-order valence-electron chi connectivity index (χ4n) is 2.29. The number of allylic oxidation sites excluding steroid dienone is 9. The fourth-order valence-corrected chi connectivity index (χ4v) is 3.06. The van der Waals surface area contributed by atoms with Crippen molar-refractivity contribution >= 4 is 28.3 Å². The maximum Gasteiger partial charge on any atom is 0.573 e. The molecule has 0 saturated carbocycles. The number of furan rings is 1. The van der Waals surface area contributed by atoms with Crippen LogP contribution in [0.2, 0.25) is 0 Å². The molecule has 0 atom stereocenters. The predicted molar refractivity (Wildman–Crippen MR) is 157 cm³/mol. The van der Waals surface area contributed by atoms with Gasteiger partial charge in [0.25, 0.3) is 5.91 Å². The highest BCUT2D eigenvalue weighted by Crippen LogP contribution is 2.29. The van der Waals surface area contributed by atoms with E-state index in [9.17, 15) is 22.4 Å². The first-order chi connectivity index (χ1) is 19.0. The van der Waals surface area contributed by atoms with Gasteiger partial charge in [-0.3, -0.25) is 9.79 Å². The molecule has 1 aromatic rings. The van der Waals surface area contributed by atoms with Crippen molar-refractivity contribution in [3.63, 3.8) is 0 Å². The number of nitrogens with one attached hydrogen (secondary N) is 1. The molecule has 0 fully saturated rings. The van der Waals surface area contributed by atoms with Gasteiger partial charge in [-0.2, -0.15) is 0 Å². The van der Waals surface area contributed by atoms with E-state index in [1.165, 1.54) is 60.7 Å². The summed E-state index contributed by atoms with van der Waals surface area (Å²) in [5.74, 6) is -0.252. The zero-order valence-corrected chi connectivity index (χ0v) is 23.9. The van der Waals surface area contributed by atoms with Gasteiger partial charge in [0, 0.05) is 18.9 Å². The van der Waals surface area contributed by atoms with Gasteiger partial charge in [0.15, 0.2) is 0 Å². The van der Waals surface area contributed by atoms with Crippen LogP contribution < -0.4 is 11.1 Å². The number of hydrogen-bond donors (Lipinski definition) is 2. The number of hydrogen-bond acceptors (Lipinski definition) is 6. The summed E-state index contributed by atoms with van der Waals surface area (Å²) in [4.78, 5) is 16.0. The molecule has 40 heavy (non-hydrogen) atoms. The van der Waals surface area contributed by atoms with Crippen LogP contribution in [0.4, 0.5) is 17.6 Å². The minimum atomic E-state index is -4.74. The first-order valence-electron chi connectivity index (χ1n) is 11.7. The fraction of sp³-hybridized carbons (Fsp3) is 0.207. The smallest absolute Gasteiger partial charge is 0.464 e. The Bertz CT molecular complexity index is 1170. The Balaban J connectivity index is 0. The number of nitrogens with two attached hydrogens (primary N) is 1. The Hall–Kier alpha value is -4.21. The van der Waals surface area contributed by atoms with Crippen LogP contribution in [0, 0.1) is 0 Å². The summed E-state index contributed by atoms with van der Waals surface area (Å²) in [6.07, 6.45) is 9.87. The van der Waals surface area contributed by atoms with Crippen LogP contribution in [0.3, 0.4) is 0 Å². The lowest BCUT2D eigenvalue weighted by Crippen LogP contribution is -2.19. The molecule has 1 heterocycles. The number of amides is 1. The summed E-state index contributed by atoms with van der Waals surface area (Å²) in [5, 5.41) is 3.25. The molecule has 0 unspecified atom stereocenters. The van der Waals surface area contributed by atoms with Crippen LogP contribution in [0.1, 0.15) is 33.5 Å². The van der Waals surface area contributed by atoms with Crippen LogP contribution in [-0.2, 0) is 9.53 Å². The van der Waals surface area contributed by atoms with Gasteiger partial charge in [0.2, 0.25) is 0 Å². The zero-order chi connectivity index (χ0) is 31.0. The van der Waals surface area contributed by atoms with Gasteiger partial charge in [-0.05, 0) is 56.4 Å². The van der Waals surface area contributed by atoms with E-state index in [1.807, 2.05) is 27.7 Å². The van der Waals surface area contributed by atoms with Crippen molar-refractivity contribution in [1.29, 1.82) is 0 Å². The van der Waals surface area contributed by atoms with Crippen molar-refractivity contribution < 1.29 is 31.5 Å². The van der Waals surface area contributed by atoms with Gasteiger partial charge in [-0.25, -0.2) is 4.39 Å². The quantitative estimate of drug-likeness (QED) is 0.0845. The molecule has 1 aliphatic carbocycles. The highest BCUT2D eigenvalue weighted by atomic mass is 32.2. The Morgan fingerprint density at radius 2 is 1.93 bits per heavy atom. The number of rotatable bonds is 7. The van der Waals surface area contributed by atoms with Gasteiger partial charge in [0.1, 0.15) is 11.5 Å². The number of carbonyl (C=O) groups excluding carboxylic acids is 1. The first kappa shape index (κ1) is 37.9. The van der Waals surface area contributed by atoms with Crippen molar-refractivity contribution in [3.8, 4) is 0 Å². The van der Waals surface area contributed by atoms with Crippen molar-refractivity contribution in [2.24, 2.45) is 10.7 Å². The molecular formula is C29H35F4N3O3S. The maximum atomic E-state index is 12.2. The number of ether oxygens (including phenoxy) is 1. The second-order valence-electron chi connectivity index (χ2n) is 6.58. The molecule has 1 amide bonds. The first-order valence-corrected chi connectivity index (χ1v) is 12.5. The average molecular weight is 582 g/mol. The van der Waals surface area contributed by atoms with E-state index < -0.39 is 6.36 Å². The van der Waals surface area contributed by atoms with Crippen molar-refractivity contribution in [2.45, 2.75) is 34.1 Å². The zero-order valence-electron chi connectivity index (χ0n) is 23.1. The van der Waals surface area contributed by atoms with E-state index in [0.717, 1.165) is 10.7 Å². The standard InChI is InChI=1S/C12H7F3O2.C11H17N3OS.C4H5F.C2H6/c13-12(14,15)17-11-6-3-1-2-5-9(11)10-7-4-8-16-10;1-5-6-8(2)14-9(3)16-10(7-12)11(15)13-4;1-2-3-4-5;1-2/h1,3-8H;5-7H,1,12H2,2-4H3,(H,13,15);2-4H,1H2;1-2H3/b;8-6+,10-7-,14-9?;4-3+;. The third-order valence-corrected chi connectivity index (χ3v) is 4.64. The molecule has 1 aliphatic rings. The second-order valence-corrected chi connectivity index (χ2v) is 7.82. The van der Waals surface area contributed by atoms with Crippen molar-refractivity contribution in [2.75, 3.05) is 7.05 Å². The van der Waals surface area contributed by atoms with Crippen LogP contribution in [0.5, 0.6) is 0 Å². The SMILES string of the molecule is C=C/C=C(\C)N=C(C)S/C(=C\N)C(=O)NC.C=C/C=C/F.CC.FC(F)(F)OC1=C(c2ccco2)C=C=CC=C1. The number of alkyl halides is 3. The molecule has 6 nitrogen and oxygen atoms in total. The minimum Gasteiger partial charge on any atom is -0.464 e. The van der Waals surface area contributed by atoms with Crippen LogP contribution in [0.25, 0.3) is 5.57 Å². The molecule has 11 heteroatoms. The molecule has 0 saturated heterocycles. The Kier molecular flexibility index (Phi) is 21.6. The monoisotopic (exact) mass is 581 g/mol. The average Bonchev–Trinajstić information content (AvgIpc) is 3.35. The molecule has 0 aromatic carbocycles. The van der Waals surface area contributed by atoms with Crippen LogP contribution in [-0.4, -0.2) is 24.4 Å². The number of aliphatic imine (C=N–C) groups is 1. The van der Waals surface area contributed by atoms with E-state index >= 15 is 0 Å². The molecular weight excluding hydrogens is 546 g/mol. The van der Waals surface area contributed by atoms with Gasteiger partial charge in [0.05, 0.1) is 28.1 Å². The number of likely N-dealkylation sites (N-methyl/N-ethyl adjacent to an activating group) is 1. The lowest BCUT2D eigenvalue weighted by atomic mass is 10.1. The van der Waals surface area contributed by atoms with E-state index in [2.05, 4.69) is 33.9 Å². The highest BCUT2D eigenvalue weighted by molar-refractivity contribution is 8.17. The number of thioether (sulfide) groups is 1. The molecule has 0 radical (unpaired) electrons. The summed E-state index contributed by atoms with van der Waals surface area (Å²) in [6.45, 7) is 14.5. The molecule has 3 N–H and O–H groups in total. The molecule has 0 spiro atoms. The summed E-state index contributed by atoms with van der Waals surface area (Å²) < 4.78 is 56.4. The predicted octanol–water partition coefficient (Wildman–Crippen LogP) is 8.26. The topological polar surface area (TPSA) is 89.8 Å². The van der Waals surface area contributed by atoms with Crippen molar-refractivity contribution in [1.82, 2.24) is 5.32 Å². The van der Waals surface area contributed by atoms with Crippen molar-refractivity contribution in [3.05, 3.63) is 121 Å². The molecule has 218 valence electrons. The van der Waals surface area contributed by atoms with Crippen LogP contribution in [0.15, 0.2) is 124 Å². The van der Waals surface area contributed by atoms with Crippen LogP contribution >= 0.6 is 11.8 Å².